The predicted molar refractivity (Wildman–Crippen MR) is 222 cm³/mol. The first-order valence-corrected chi connectivity index (χ1v) is 18.3. The van der Waals surface area contributed by atoms with Crippen LogP contribution >= 0.6 is 0 Å². The van der Waals surface area contributed by atoms with Crippen LogP contribution in [0, 0.1) is 0 Å². The zero-order valence-electron chi connectivity index (χ0n) is 28.9. The summed E-state index contributed by atoms with van der Waals surface area (Å²) in [5.41, 5.74) is 11.7. The summed E-state index contributed by atoms with van der Waals surface area (Å²) < 4.78 is 13.3. The minimum absolute atomic E-state index is 0.871. The number of fused-ring (bicyclic) bond motifs is 9. The Morgan fingerprint density at radius 3 is 2.08 bits per heavy atom. The van der Waals surface area contributed by atoms with Crippen LogP contribution in [0.2, 0.25) is 0 Å². The van der Waals surface area contributed by atoms with Crippen molar-refractivity contribution in [1.29, 1.82) is 0 Å². The summed E-state index contributed by atoms with van der Waals surface area (Å²) in [6.07, 6.45) is 6.42. The first kappa shape index (κ1) is 29.8. The summed E-state index contributed by atoms with van der Waals surface area (Å²) in [5, 5.41) is 9.28. The van der Waals surface area contributed by atoms with Gasteiger partial charge < -0.3 is 13.7 Å². The van der Waals surface area contributed by atoms with E-state index < -0.39 is 0 Å². The monoisotopic (exact) mass is 679 g/mol. The average Bonchev–Trinajstić information content (AvgIpc) is 3.80. The number of benzene rings is 8. The summed E-state index contributed by atoms with van der Waals surface area (Å²) in [6, 6.07) is 58.6. The average molecular weight is 680 g/mol. The van der Waals surface area contributed by atoms with Gasteiger partial charge in [-0.05, 0) is 88.2 Å². The minimum Gasteiger partial charge on any atom is -0.455 e. The third-order valence-corrected chi connectivity index (χ3v) is 10.9. The highest BCUT2D eigenvalue weighted by Crippen LogP contribution is 2.45. The van der Waals surface area contributed by atoms with Crippen molar-refractivity contribution in [3.8, 4) is 11.1 Å². The molecule has 3 nitrogen and oxygen atoms in total. The molecule has 0 saturated carbocycles. The number of furan rings is 2. The van der Waals surface area contributed by atoms with Gasteiger partial charge in [0.15, 0.2) is 5.58 Å². The fourth-order valence-corrected chi connectivity index (χ4v) is 8.46. The number of anilines is 2. The number of nitrogens with zero attached hydrogens (tertiary/aromatic N) is 1. The second-order valence-electron chi connectivity index (χ2n) is 13.9. The van der Waals surface area contributed by atoms with Crippen molar-refractivity contribution in [2.24, 2.45) is 0 Å². The van der Waals surface area contributed by atoms with E-state index in [1.165, 1.54) is 38.6 Å². The molecule has 0 unspecified atom stereocenters. The molecule has 11 rings (SSSR count). The highest BCUT2D eigenvalue weighted by Gasteiger charge is 2.25. The predicted octanol–water partition coefficient (Wildman–Crippen LogP) is 14.4. The second kappa shape index (κ2) is 11.9. The SMILES string of the molecule is C1=CC(c2ccc3oc4c5ccccc5ccc4c3c2)=C(N(c2cccc(-c3cccc4ccccc34)c2)c2cccc3c2oc2ccccc23)CC1. The van der Waals surface area contributed by atoms with E-state index in [2.05, 4.69) is 175 Å². The van der Waals surface area contributed by atoms with Crippen molar-refractivity contribution in [3.63, 3.8) is 0 Å². The third kappa shape index (κ3) is 4.74. The second-order valence-corrected chi connectivity index (χ2v) is 13.9. The van der Waals surface area contributed by atoms with Crippen molar-refractivity contribution in [2.45, 2.75) is 12.8 Å². The number of allylic oxidation sites excluding steroid dienone is 4. The van der Waals surface area contributed by atoms with Crippen LogP contribution in [0.3, 0.4) is 0 Å². The zero-order chi connectivity index (χ0) is 34.9. The van der Waals surface area contributed by atoms with Crippen molar-refractivity contribution in [1.82, 2.24) is 0 Å². The molecule has 8 aromatic carbocycles. The van der Waals surface area contributed by atoms with Crippen LogP contribution in [0.1, 0.15) is 18.4 Å². The molecular weight excluding hydrogens is 647 g/mol. The Morgan fingerprint density at radius 2 is 1.15 bits per heavy atom. The maximum Gasteiger partial charge on any atom is 0.159 e. The van der Waals surface area contributed by atoms with Crippen molar-refractivity contribution >= 4 is 82.4 Å². The number of hydrogen-bond acceptors (Lipinski definition) is 3. The highest BCUT2D eigenvalue weighted by atomic mass is 16.3. The molecule has 2 aromatic heterocycles. The molecule has 0 atom stereocenters. The van der Waals surface area contributed by atoms with Gasteiger partial charge in [0.05, 0.1) is 5.69 Å². The van der Waals surface area contributed by atoms with Gasteiger partial charge in [0.2, 0.25) is 0 Å². The van der Waals surface area contributed by atoms with Crippen LogP contribution in [0.25, 0.3) is 82.1 Å². The van der Waals surface area contributed by atoms with Gasteiger partial charge in [-0.15, -0.1) is 0 Å². The Labute approximate surface area is 306 Å². The Hall–Kier alpha value is -6.84. The number of rotatable bonds is 5. The molecule has 0 bridgehead atoms. The summed E-state index contributed by atoms with van der Waals surface area (Å²) >= 11 is 0. The summed E-state index contributed by atoms with van der Waals surface area (Å²) in [7, 11) is 0. The number of hydrogen-bond donors (Lipinski definition) is 0. The van der Waals surface area contributed by atoms with E-state index in [0.29, 0.717) is 0 Å². The first-order chi connectivity index (χ1) is 26.3. The smallest absolute Gasteiger partial charge is 0.159 e. The summed E-state index contributed by atoms with van der Waals surface area (Å²) in [5.74, 6) is 0. The molecule has 1 aliphatic carbocycles. The van der Waals surface area contributed by atoms with Crippen LogP contribution < -0.4 is 4.90 Å². The molecule has 3 heteroatoms. The molecule has 53 heavy (non-hydrogen) atoms. The topological polar surface area (TPSA) is 29.5 Å². The molecule has 0 N–H and O–H groups in total. The first-order valence-electron chi connectivity index (χ1n) is 18.3. The van der Waals surface area contributed by atoms with Crippen LogP contribution in [0.15, 0.2) is 190 Å². The lowest BCUT2D eigenvalue weighted by Gasteiger charge is -2.32. The van der Waals surface area contributed by atoms with Crippen LogP contribution in [-0.2, 0) is 0 Å². The Bertz CT molecular complexity index is 3130. The third-order valence-electron chi connectivity index (χ3n) is 10.9. The van der Waals surface area contributed by atoms with E-state index in [1.54, 1.807) is 0 Å². The van der Waals surface area contributed by atoms with E-state index in [1.807, 2.05) is 6.07 Å². The fraction of sp³-hybridized carbons (Fsp3) is 0.0400. The van der Waals surface area contributed by atoms with E-state index in [4.69, 9.17) is 8.83 Å². The molecule has 2 heterocycles. The van der Waals surface area contributed by atoms with Gasteiger partial charge in [0, 0.05) is 43.9 Å². The van der Waals surface area contributed by atoms with Gasteiger partial charge in [-0.2, -0.15) is 0 Å². The minimum atomic E-state index is 0.871. The van der Waals surface area contributed by atoms with Crippen LogP contribution in [0.4, 0.5) is 11.4 Å². The van der Waals surface area contributed by atoms with Gasteiger partial charge in [0.1, 0.15) is 16.7 Å². The van der Waals surface area contributed by atoms with Crippen LogP contribution in [-0.4, -0.2) is 0 Å². The van der Waals surface area contributed by atoms with E-state index in [0.717, 1.165) is 79.0 Å². The van der Waals surface area contributed by atoms with Gasteiger partial charge in [-0.1, -0.05) is 133 Å². The lowest BCUT2D eigenvalue weighted by molar-refractivity contribution is 0.668. The standard InChI is InChI=1S/C50H33NO2/c1-3-17-37-32(12-1)14-10-21-38(37)34-15-9-16-36(30-34)51(46-24-11-22-42-41-20-6-8-25-47(41)53-50(42)46)45-23-7-5-18-39(45)35-27-29-48-44(31-35)43-28-26-33-13-2-4-19-40(33)49(43)52-48/h1-6,8-22,24-31H,7,23H2. The van der Waals surface area contributed by atoms with Crippen LogP contribution in [0.5, 0.6) is 0 Å². The van der Waals surface area contributed by atoms with E-state index in [-0.39, 0.29) is 0 Å². The van der Waals surface area contributed by atoms with Gasteiger partial charge in [0.25, 0.3) is 0 Å². The normalized spacial score (nSPS) is 13.4. The molecule has 0 saturated heterocycles. The molecule has 250 valence electrons. The molecule has 0 fully saturated rings. The maximum atomic E-state index is 6.73. The van der Waals surface area contributed by atoms with Crippen molar-refractivity contribution in [3.05, 3.63) is 187 Å². The largest absolute Gasteiger partial charge is 0.455 e. The summed E-state index contributed by atoms with van der Waals surface area (Å²) in [6.45, 7) is 0. The Kier molecular flexibility index (Phi) is 6.68. The molecule has 0 amide bonds. The van der Waals surface area contributed by atoms with E-state index >= 15 is 0 Å². The van der Waals surface area contributed by atoms with Gasteiger partial charge in [-0.25, -0.2) is 0 Å². The molecule has 10 aromatic rings. The molecular formula is C50H33NO2. The Morgan fingerprint density at radius 1 is 0.453 bits per heavy atom. The molecule has 0 aliphatic heterocycles. The zero-order valence-corrected chi connectivity index (χ0v) is 28.9. The molecule has 1 aliphatic rings. The number of para-hydroxylation sites is 2. The molecule has 0 radical (unpaired) electrons. The lowest BCUT2D eigenvalue weighted by Crippen LogP contribution is -2.19. The summed E-state index contributed by atoms with van der Waals surface area (Å²) in [4.78, 5) is 2.45. The quantitative estimate of drug-likeness (QED) is 0.181. The maximum absolute atomic E-state index is 6.73. The fourth-order valence-electron chi connectivity index (χ4n) is 8.46. The lowest BCUT2D eigenvalue weighted by atomic mass is 9.93. The van der Waals surface area contributed by atoms with E-state index in [9.17, 15) is 0 Å². The van der Waals surface area contributed by atoms with Crippen molar-refractivity contribution in [2.75, 3.05) is 4.90 Å². The highest BCUT2D eigenvalue weighted by molar-refractivity contribution is 6.16. The van der Waals surface area contributed by atoms with Crippen molar-refractivity contribution < 1.29 is 8.83 Å². The van der Waals surface area contributed by atoms with Gasteiger partial charge in [-0.3, -0.25) is 0 Å². The Balaban J connectivity index is 1.16. The molecule has 0 spiro atoms. The van der Waals surface area contributed by atoms with Gasteiger partial charge >= 0.3 is 0 Å².